The topological polar surface area (TPSA) is 20.2 Å². The fourth-order valence-electron chi connectivity index (χ4n) is 0. The molecular formula is HCl3FeO. The molecule has 0 saturated carbocycles. The second kappa shape index (κ2) is 55.6. The van der Waals surface area contributed by atoms with Crippen LogP contribution in [0.25, 0.3) is 0 Å². The molecule has 0 saturated heterocycles. The van der Waals surface area contributed by atoms with Gasteiger partial charge in [-0.2, -0.15) is 0 Å². The third-order valence-electron chi connectivity index (χ3n) is 0. The number of hydrogen-bond donors (Lipinski definition) is 1. The van der Waals surface area contributed by atoms with Crippen molar-refractivity contribution >= 4 is 0 Å². The van der Waals surface area contributed by atoms with Crippen molar-refractivity contribution in [1.82, 2.24) is 0 Å². The van der Waals surface area contributed by atoms with Gasteiger partial charge < -0.3 is 37.2 Å². The van der Waals surface area contributed by atoms with Crippen LogP contribution in [-0.4, -0.2) is 4.19 Å². The SMILES string of the molecule is [Cl-].[Cl-].[Cl-].[OH][Fe+3]. The summed E-state index contributed by atoms with van der Waals surface area (Å²) in [6, 6.07) is 0. The summed E-state index contributed by atoms with van der Waals surface area (Å²) in [7, 11) is 0. The second-order valence-electron chi connectivity index (χ2n) is 0. The molecule has 0 heterocycles. The Balaban J connectivity index is -0.00000000167. The Kier molecular flexibility index (Phi) is 366. The van der Waals surface area contributed by atoms with Gasteiger partial charge in [-0.15, -0.1) is 0 Å². The molecular weight excluding hydrogens is 178 g/mol. The van der Waals surface area contributed by atoms with Crippen LogP contribution in [-0.2, 0) is 16.3 Å². The summed E-state index contributed by atoms with van der Waals surface area (Å²) >= 11 is 2.25. The van der Waals surface area contributed by atoms with E-state index in [1.807, 2.05) is 0 Å². The van der Waals surface area contributed by atoms with E-state index in [-0.39, 0.29) is 37.2 Å². The molecule has 0 aromatic carbocycles. The zero-order valence-corrected chi connectivity index (χ0v) is 5.31. The van der Waals surface area contributed by atoms with Crippen molar-refractivity contribution < 1.29 is 57.8 Å². The first-order chi connectivity index (χ1) is 1.00. The van der Waals surface area contributed by atoms with Crippen molar-refractivity contribution in [3.05, 3.63) is 0 Å². The molecule has 0 aliphatic carbocycles. The van der Waals surface area contributed by atoms with Crippen LogP contribution in [0.2, 0.25) is 0 Å². The molecule has 0 aliphatic rings. The van der Waals surface area contributed by atoms with Crippen molar-refractivity contribution in [3.63, 3.8) is 0 Å². The Morgan fingerprint density at radius 2 is 0.800 bits per heavy atom. The Morgan fingerprint density at radius 3 is 0.800 bits per heavy atom. The van der Waals surface area contributed by atoms with E-state index in [2.05, 4.69) is 16.3 Å². The van der Waals surface area contributed by atoms with E-state index in [9.17, 15) is 0 Å². The molecule has 0 atom stereocenters. The predicted octanol–water partition coefficient (Wildman–Crippen LogP) is -9.55. The summed E-state index contributed by atoms with van der Waals surface area (Å²) in [4.78, 5) is 0. The molecule has 0 unspecified atom stereocenters. The zero-order valence-electron chi connectivity index (χ0n) is 1.93. The first kappa shape index (κ1) is 32.9. The standard InChI is InChI=1S/3ClH.Fe.H2O/h3*1H;;1H2/q;;;+4;/p-4. The van der Waals surface area contributed by atoms with E-state index >= 15 is 0 Å². The molecule has 0 amide bonds. The molecule has 0 aromatic heterocycles. The summed E-state index contributed by atoms with van der Waals surface area (Å²) in [5.41, 5.74) is 0. The summed E-state index contributed by atoms with van der Waals surface area (Å²) in [6.07, 6.45) is 0. The van der Waals surface area contributed by atoms with Crippen molar-refractivity contribution in [2.75, 3.05) is 0 Å². The maximum atomic E-state index is 6.75. The summed E-state index contributed by atoms with van der Waals surface area (Å²) in [5.74, 6) is 0. The van der Waals surface area contributed by atoms with Gasteiger partial charge in [-0.3, -0.25) is 0 Å². The third kappa shape index (κ3) is 33.0. The first-order valence-electron chi connectivity index (χ1n) is 0.158. The van der Waals surface area contributed by atoms with Gasteiger partial charge in [0, 0.05) is 0 Å². The van der Waals surface area contributed by atoms with Gasteiger partial charge in [-0.25, -0.2) is 0 Å². The summed E-state index contributed by atoms with van der Waals surface area (Å²) in [6.45, 7) is 0. The molecule has 5 heavy (non-hydrogen) atoms. The average Bonchev–Trinajstić information content (AvgIpc) is 1.00. The molecule has 0 aliphatic heterocycles. The molecule has 36 valence electrons. The van der Waals surface area contributed by atoms with Crippen LogP contribution in [0.5, 0.6) is 0 Å². The van der Waals surface area contributed by atoms with E-state index < -0.39 is 0 Å². The van der Waals surface area contributed by atoms with Crippen LogP contribution >= 0.6 is 0 Å². The van der Waals surface area contributed by atoms with E-state index in [0.29, 0.717) is 0 Å². The van der Waals surface area contributed by atoms with Crippen LogP contribution in [0.1, 0.15) is 0 Å². The Hall–Kier alpha value is 1.35. The van der Waals surface area contributed by atoms with Crippen LogP contribution in [0.3, 0.4) is 0 Å². The number of hydrogen-bond acceptors (Lipinski definition) is 1. The maximum absolute atomic E-state index is 6.75. The molecule has 0 aromatic rings. The van der Waals surface area contributed by atoms with Gasteiger partial charge in [0.05, 0.1) is 0 Å². The Labute approximate surface area is 57.9 Å². The molecule has 1 nitrogen and oxygen atoms in total. The molecule has 0 radical (unpaired) electrons. The Morgan fingerprint density at radius 1 is 0.800 bits per heavy atom. The first-order valence-corrected chi connectivity index (χ1v) is 0.652. The Bertz CT molecular complexity index is 6.85. The fourth-order valence-corrected chi connectivity index (χ4v) is 0. The van der Waals surface area contributed by atoms with E-state index in [0.717, 1.165) is 0 Å². The van der Waals surface area contributed by atoms with Crippen LogP contribution < -0.4 is 37.2 Å². The van der Waals surface area contributed by atoms with Crippen LogP contribution in [0.4, 0.5) is 0 Å². The number of rotatable bonds is 0. The average molecular weight is 179 g/mol. The van der Waals surface area contributed by atoms with Gasteiger partial charge in [-0.1, -0.05) is 0 Å². The zero-order chi connectivity index (χ0) is 2.00. The van der Waals surface area contributed by atoms with Crippen molar-refractivity contribution in [3.8, 4) is 0 Å². The second-order valence-corrected chi connectivity index (χ2v) is 0. The third-order valence-corrected chi connectivity index (χ3v) is 0. The van der Waals surface area contributed by atoms with Gasteiger partial charge in [0.1, 0.15) is 0 Å². The fraction of sp³-hybridized carbons (Fsp3) is 0. The van der Waals surface area contributed by atoms with Gasteiger partial charge in [0.15, 0.2) is 0 Å². The van der Waals surface area contributed by atoms with Gasteiger partial charge in [-0.05, 0) is 0 Å². The predicted molar refractivity (Wildman–Crippen MR) is 2.22 cm³/mol. The van der Waals surface area contributed by atoms with Gasteiger partial charge in [0.25, 0.3) is 0 Å². The molecule has 1 N–H and O–H groups in total. The monoisotopic (exact) mass is 178 g/mol. The molecule has 0 spiro atoms. The van der Waals surface area contributed by atoms with Gasteiger partial charge in [0.2, 0.25) is 0 Å². The number of halogens is 3. The molecule has 0 fully saturated rings. The summed E-state index contributed by atoms with van der Waals surface area (Å²) in [5, 5.41) is 0. The quantitative estimate of drug-likeness (QED) is 0.366. The summed E-state index contributed by atoms with van der Waals surface area (Å²) < 4.78 is 6.75. The van der Waals surface area contributed by atoms with E-state index in [1.165, 1.54) is 0 Å². The molecule has 0 rings (SSSR count). The van der Waals surface area contributed by atoms with Gasteiger partial charge >= 0.3 is 20.5 Å². The normalized spacial score (nSPS) is 1.00. The van der Waals surface area contributed by atoms with E-state index in [1.54, 1.807) is 0 Å². The van der Waals surface area contributed by atoms with E-state index in [4.69, 9.17) is 4.19 Å². The van der Waals surface area contributed by atoms with Crippen LogP contribution in [0.15, 0.2) is 0 Å². The van der Waals surface area contributed by atoms with Crippen molar-refractivity contribution in [2.45, 2.75) is 0 Å². The molecule has 5 heteroatoms. The minimum absolute atomic E-state index is 0. The minimum atomic E-state index is 0. The van der Waals surface area contributed by atoms with Crippen molar-refractivity contribution in [2.24, 2.45) is 0 Å². The van der Waals surface area contributed by atoms with Crippen molar-refractivity contribution in [1.29, 1.82) is 0 Å². The van der Waals surface area contributed by atoms with Crippen LogP contribution in [0, 0.1) is 0 Å². The molecule has 0 bridgehead atoms.